The van der Waals surface area contributed by atoms with E-state index < -0.39 is 12.6 Å². The monoisotopic (exact) mass is 126 g/mol. The molecule has 0 bridgehead atoms. The van der Waals surface area contributed by atoms with Gasteiger partial charge in [-0.1, -0.05) is 0 Å². The van der Waals surface area contributed by atoms with Crippen molar-refractivity contribution in [1.82, 2.24) is 0 Å². The summed E-state index contributed by atoms with van der Waals surface area (Å²) in [5.41, 5.74) is 0. The lowest BCUT2D eigenvalue weighted by Gasteiger charge is -1.98. The van der Waals surface area contributed by atoms with Crippen LogP contribution in [0.15, 0.2) is 0 Å². The van der Waals surface area contributed by atoms with E-state index >= 15 is 0 Å². The number of hydrogen-bond acceptors (Lipinski definition) is 0. The van der Waals surface area contributed by atoms with Crippen molar-refractivity contribution in [3.05, 3.63) is 0 Å². The third-order valence-corrected chi connectivity index (χ3v) is 0.783. The normalized spacial score (nSPS) is 14.6. The van der Waals surface area contributed by atoms with Crippen LogP contribution in [-0.4, -0.2) is 12.6 Å². The molecule has 0 amide bonds. The molecule has 0 aliphatic rings. The van der Waals surface area contributed by atoms with Crippen LogP contribution >= 0.6 is 0 Å². The molecular formula is C5H9F3. The SMILES string of the molecule is C[C@H](F)CCC(F)F. The molecule has 0 nitrogen and oxygen atoms in total. The van der Waals surface area contributed by atoms with E-state index in [1.54, 1.807) is 0 Å². The largest absolute Gasteiger partial charge is 0.248 e. The summed E-state index contributed by atoms with van der Waals surface area (Å²) in [6.45, 7) is 1.28. The fourth-order valence-corrected chi connectivity index (χ4v) is 0.356. The summed E-state index contributed by atoms with van der Waals surface area (Å²) in [4.78, 5) is 0. The van der Waals surface area contributed by atoms with Gasteiger partial charge in [0.2, 0.25) is 6.43 Å². The van der Waals surface area contributed by atoms with Crippen molar-refractivity contribution in [3.8, 4) is 0 Å². The molecule has 0 aromatic rings. The van der Waals surface area contributed by atoms with Gasteiger partial charge in [0.05, 0.1) is 6.17 Å². The smallest absolute Gasteiger partial charge is 0.238 e. The molecule has 0 aromatic heterocycles. The van der Waals surface area contributed by atoms with Crippen molar-refractivity contribution in [2.75, 3.05) is 0 Å². The van der Waals surface area contributed by atoms with Crippen LogP contribution in [0.1, 0.15) is 19.8 Å². The number of hydrogen-bond donors (Lipinski definition) is 0. The molecule has 0 aromatic carbocycles. The Morgan fingerprint density at radius 2 is 1.62 bits per heavy atom. The Kier molecular flexibility index (Phi) is 3.65. The van der Waals surface area contributed by atoms with E-state index in [0.717, 1.165) is 0 Å². The highest BCUT2D eigenvalue weighted by Crippen LogP contribution is 2.07. The van der Waals surface area contributed by atoms with Crippen LogP contribution in [0.2, 0.25) is 0 Å². The first-order valence-electron chi connectivity index (χ1n) is 2.55. The Bertz CT molecular complexity index is 43.6. The number of rotatable bonds is 3. The molecule has 8 heavy (non-hydrogen) atoms. The van der Waals surface area contributed by atoms with Crippen LogP contribution < -0.4 is 0 Å². The highest BCUT2D eigenvalue weighted by molar-refractivity contribution is 4.48. The molecule has 0 rings (SSSR count). The number of halogens is 3. The summed E-state index contributed by atoms with van der Waals surface area (Å²) in [5, 5.41) is 0. The third-order valence-electron chi connectivity index (χ3n) is 0.783. The zero-order valence-electron chi connectivity index (χ0n) is 4.70. The maximum atomic E-state index is 11.7. The average molecular weight is 126 g/mol. The summed E-state index contributed by atoms with van der Waals surface area (Å²) in [7, 11) is 0. The predicted molar refractivity (Wildman–Crippen MR) is 25.8 cm³/mol. The lowest BCUT2D eigenvalue weighted by Crippen LogP contribution is -1.97. The first-order chi connectivity index (χ1) is 3.63. The van der Waals surface area contributed by atoms with Gasteiger partial charge in [-0.05, 0) is 13.3 Å². The first-order valence-corrected chi connectivity index (χ1v) is 2.55. The van der Waals surface area contributed by atoms with Crippen molar-refractivity contribution < 1.29 is 13.2 Å². The Morgan fingerprint density at radius 1 is 1.12 bits per heavy atom. The standard InChI is InChI=1S/C5H9F3/c1-4(6)2-3-5(7)8/h4-5H,2-3H2,1H3/t4-/m0/s1. The first kappa shape index (κ1) is 7.79. The highest BCUT2D eigenvalue weighted by atomic mass is 19.3. The molecule has 0 spiro atoms. The number of alkyl halides is 3. The summed E-state index contributed by atoms with van der Waals surface area (Å²) >= 11 is 0. The van der Waals surface area contributed by atoms with Crippen LogP contribution in [0.3, 0.4) is 0 Å². The van der Waals surface area contributed by atoms with E-state index in [-0.39, 0.29) is 12.8 Å². The van der Waals surface area contributed by atoms with Gasteiger partial charge in [-0.2, -0.15) is 0 Å². The van der Waals surface area contributed by atoms with E-state index in [0.29, 0.717) is 0 Å². The van der Waals surface area contributed by atoms with E-state index in [4.69, 9.17) is 0 Å². The summed E-state index contributed by atoms with van der Waals surface area (Å²) in [6, 6.07) is 0. The second-order valence-electron chi connectivity index (χ2n) is 1.75. The molecule has 50 valence electrons. The molecule has 0 radical (unpaired) electrons. The van der Waals surface area contributed by atoms with E-state index in [2.05, 4.69) is 0 Å². The van der Waals surface area contributed by atoms with Gasteiger partial charge in [-0.25, -0.2) is 13.2 Å². The van der Waals surface area contributed by atoms with Gasteiger partial charge in [0.25, 0.3) is 0 Å². The van der Waals surface area contributed by atoms with Crippen molar-refractivity contribution in [1.29, 1.82) is 0 Å². The maximum Gasteiger partial charge on any atom is 0.238 e. The average Bonchev–Trinajstić information content (AvgIpc) is 1.61. The molecular weight excluding hydrogens is 117 g/mol. The van der Waals surface area contributed by atoms with Crippen LogP contribution in [0.4, 0.5) is 13.2 Å². The summed E-state index contributed by atoms with van der Waals surface area (Å²) in [5.74, 6) is 0. The summed E-state index contributed by atoms with van der Waals surface area (Å²) in [6.07, 6.45) is -3.80. The molecule has 0 fully saturated rings. The highest BCUT2D eigenvalue weighted by Gasteiger charge is 2.04. The quantitative estimate of drug-likeness (QED) is 0.544. The molecule has 1 atom stereocenters. The lowest BCUT2D eigenvalue weighted by molar-refractivity contribution is 0.123. The second-order valence-corrected chi connectivity index (χ2v) is 1.75. The summed E-state index contributed by atoms with van der Waals surface area (Å²) < 4.78 is 34.2. The molecule has 0 saturated heterocycles. The van der Waals surface area contributed by atoms with E-state index in [9.17, 15) is 13.2 Å². The third kappa shape index (κ3) is 5.79. The maximum absolute atomic E-state index is 11.7. The van der Waals surface area contributed by atoms with Crippen molar-refractivity contribution in [2.24, 2.45) is 0 Å². The molecule has 0 saturated carbocycles. The molecule has 0 heterocycles. The van der Waals surface area contributed by atoms with E-state index in [1.165, 1.54) is 6.92 Å². The molecule has 3 heteroatoms. The minimum atomic E-state index is -2.35. The van der Waals surface area contributed by atoms with Crippen LogP contribution in [0, 0.1) is 0 Å². The topological polar surface area (TPSA) is 0 Å². The predicted octanol–water partition coefficient (Wildman–Crippen LogP) is 2.39. The second kappa shape index (κ2) is 3.75. The Morgan fingerprint density at radius 3 is 1.75 bits per heavy atom. The van der Waals surface area contributed by atoms with Crippen molar-refractivity contribution >= 4 is 0 Å². The van der Waals surface area contributed by atoms with Gasteiger partial charge >= 0.3 is 0 Å². The van der Waals surface area contributed by atoms with Crippen molar-refractivity contribution in [2.45, 2.75) is 32.4 Å². The zero-order valence-corrected chi connectivity index (χ0v) is 4.70. The molecule has 0 unspecified atom stereocenters. The van der Waals surface area contributed by atoms with Gasteiger partial charge in [0, 0.05) is 6.42 Å². The van der Waals surface area contributed by atoms with E-state index in [1.807, 2.05) is 0 Å². The van der Waals surface area contributed by atoms with Gasteiger partial charge in [-0.15, -0.1) is 0 Å². The molecule has 0 aliphatic heterocycles. The van der Waals surface area contributed by atoms with Crippen molar-refractivity contribution in [3.63, 3.8) is 0 Å². The Hall–Kier alpha value is -0.210. The molecule has 0 N–H and O–H groups in total. The zero-order chi connectivity index (χ0) is 6.57. The minimum Gasteiger partial charge on any atom is -0.248 e. The minimum absolute atomic E-state index is 0.0301. The van der Waals surface area contributed by atoms with Gasteiger partial charge in [0.1, 0.15) is 0 Å². The Balaban J connectivity index is 2.93. The van der Waals surface area contributed by atoms with Gasteiger partial charge in [0.15, 0.2) is 0 Å². The lowest BCUT2D eigenvalue weighted by atomic mass is 10.2. The van der Waals surface area contributed by atoms with Gasteiger partial charge < -0.3 is 0 Å². The molecule has 0 aliphatic carbocycles. The fourth-order valence-electron chi connectivity index (χ4n) is 0.356. The van der Waals surface area contributed by atoms with Crippen LogP contribution in [0.25, 0.3) is 0 Å². The van der Waals surface area contributed by atoms with Crippen LogP contribution in [0.5, 0.6) is 0 Å². The van der Waals surface area contributed by atoms with Crippen LogP contribution in [-0.2, 0) is 0 Å². The Labute approximate surface area is 46.7 Å². The van der Waals surface area contributed by atoms with Gasteiger partial charge in [-0.3, -0.25) is 0 Å². The fraction of sp³-hybridized carbons (Fsp3) is 1.00.